The molecule has 0 aromatic heterocycles. The molecule has 1 amide bonds. The molecule has 0 radical (unpaired) electrons. The summed E-state index contributed by atoms with van der Waals surface area (Å²) in [6.45, 7) is 5.33. The first-order valence-corrected chi connectivity index (χ1v) is 9.08. The first-order valence-electron chi connectivity index (χ1n) is 6.80. The highest BCUT2D eigenvalue weighted by atomic mass is 32.2. The number of carbonyl (C=O) groups excluding carboxylic acids is 2. The molecule has 1 fully saturated rings. The Morgan fingerprint density at radius 2 is 2.00 bits per heavy atom. The molecule has 1 saturated heterocycles. The van der Waals surface area contributed by atoms with E-state index in [-0.39, 0.29) is 30.9 Å². The van der Waals surface area contributed by atoms with Gasteiger partial charge in [-0.15, -0.1) is 11.8 Å². The van der Waals surface area contributed by atoms with Crippen molar-refractivity contribution >= 4 is 51.3 Å². The van der Waals surface area contributed by atoms with Gasteiger partial charge in [-0.25, -0.2) is 4.79 Å². The topological polar surface area (TPSA) is 83.1 Å². The van der Waals surface area contributed by atoms with Crippen LogP contribution in [-0.4, -0.2) is 66.4 Å². The first-order chi connectivity index (χ1) is 11.1. The summed E-state index contributed by atoms with van der Waals surface area (Å²) in [5.74, 6) is 0.223. The quantitative estimate of drug-likeness (QED) is 0.291. The number of thiocarbonyl (C=S) groups is 1. The molecule has 7 nitrogen and oxygen atoms in total. The standard InChI is InChI=1S/C13H19NO6S3/c1-2-11(15)14-3-4-19-12(16)20-5-6-22-13(21)23-10-7-17-9-18-8-10/h2,10H,1,3-9H2,(H,14,15). The summed E-state index contributed by atoms with van der Waals surface area (Å²) in [6.07, 6.45) is 0.369. The molecule has 0 aromatic carbocycles. The van der Waals surface area contributed by atoms with Crippen LogP contribution in [0.1, 0.15) is 0 Å². The maximum Gasteiger partial charge on any atom is 0.508 e. The number of hydrogen-bond donors (Lipinski definition) is 1. The van der Waals surface area contributed by atoms with Crippen LogP contribution in [0.5, 0.6) is 0 Å². The van der Waals surface area contributed by atoms with Crippen molar-refractivity contribution in [3.63, 3.8) is 0 Å². The van der Waals surface area contributed by atoms with E-state index in [0.717, 1.165) is 9.60 Å². The van der Waals surface area contributed by atoms with E-state index in [9.17, 15) is 9.59 Å². The molecule has 0 atom stereocenters. The zero-order valence-corrected chi connectivity index (χ0v) is 14.9. The summed E-state index contributed by atoms with van der Waals surface area (Å²) >= 11 is 8.19. The van der Waals surface area contributed by atoms with Crippen LogP contribution in [0.3, 0.4) is 0 Å². The first kappa shape index (κ1) is 20.2. The molecular formula is C13H19NO6S3. The Kier molecular flexibility index (Phi) is 11.1. The second-order valence-electron chi connectivity index (χ2n) is 4.14. The third kappa shape index (κ3) is 10.6. The number of rotatable bonds is 8. The Hall–Kier alpha value is -0.810. The molecule has 1 heterocycles. The largest absolute Gasteiger partial charge is 0.508 e. The molecule has 10 heteroatoms. The second-order valence-corrected chi connectivity index (χ2v) is 7.74. The lowest BCUT2D eigenvalue weighted by molar-refractivity contribution is -0.116. The molecule has 0 aromatic rings. The third-order valence-corrected chi connectivity index (χ3v) is 5.06. The maximum atomic E-state index is 11.3. The van der Waals surface area contributed by atoms with Crippen LogP contribution < -0.4 is 5.32 Å². The molecule has 1 N–H and O–H groups in total. The zero-order chi connectivity index (χ0) is 16.9. The van der Waals surface area contributed by atoms with Crippen molar-refractivity contribution in [2.24, 2.45) is 0 Å². The van der Waals surface area contributed by atoms with Crippen LogP contribution in [0.15, 0.2) is 12.7 Å². The van der Waals surface area contributed by atoms with E-state index in [1.807, 2.05) is 0 Å². The lowest BCUT2D eigenvalue weighted by Crippen LogP contribution is -2.27. The summed E-state index contributed by atoms with van der Waals surface area (Å²) in [6, 6.07) is 0. The molecule has 130 valence electrons. The van der Waals surface area contributed by atoms with Gasteiger partial charge in [0.05, 0.1) is 25.0 Å². The predicted octanol–water partition coefficient (Wildman–Crippen LogP) is 1.57. The number of amides is 1. The number of nitrogens with one attached hydrogen (secondary N) is 1. The van der Waals surface area contributed by atoms with Crippen molar-refractivity contribution in [3.05, 3.63) is 12.7 Å². The molecular weight excluding hydrogens is 362 g/mol. The lowest BCUT2D eigenvalue weighted by Gasteiger charge is -2.21. The number of carbonyl (C=O) groups is 2. The van der Waals surface area contributed by atoms with Gasteiger partial charge in [0, 0.05) is 5.75 Å². The molecule has 0 unspecified atom stereocenters. The van der Waals surface area contributed by atoms with E-state index >= 15 is 0 Å². The van der Waals surface area contributed by atoms with Crippen molar-refractivity contribution < 1.29 is 28.5 Å². The molecule has 1 rings (SSSR count). The Morgan fingerprint density at radius 3 is 2.70 bits per heavy atom. The van der Waals surface area contributed by atoms with Gasteiger partial charge in [0.2, 0.25) is 5.91 Å². The van der Waals surface area contributed by atoms with Gasteiger partial charge in [-0.3, -0.25) is 4.79 Å². The average Bonchev–Trinajstić information content (AvgIpc) is 2.56. The fourth-order valence-electron chi connectivity index (χ4n) is 1.38. The van der Waals surface area contributed by atoms with E-state index in [2.05, 4.69) is 11.9 Å². The molecule has 0 bridgehead atoms. The minimum absolute atomic E-state index is 0.0432. The van der Waals surface area contributed by atoms with Crippen molar-refractivity contribution in [1.82, 2.24) is 5.32 Å². The van der Waals surface area contributed by atoms with Crippen LogP contribution >= 0.6 is 35.7 Å². The summed E-state index contributed by atoms with van der Waals surface area (Å²) < 4.78 is 20.8. The van der Waals surface area contributed by atoms with Crippen LogP contribution in [0.25, 0.3) is 0 Å². The Balaban J connectivity index is 1.96. The predicted molar refractivity (Wildman–Crippen MR) is 93.7 cm³/mol. The highest BCUT2D eigenvalue weighted by molar-refractivity contribution is 8.47. The summed E-state index contributed by atoms with van der Waals surface area (Å²) in [5.41, 5.74) is 0. The van der Waals surface area contributed by atoms with Gasteiger partial charge in [-0.2, -0.15) is 0 Å². The highest BCUT2D eigenvalue weighted by Gasteiger charge is 2.17. The molecule has 23 heavy (non-hydrogen) atoms. The summed E-state index contributed by atoms with van der Waals surface area (Å²) in [4.78, 5) is 22.1. The van der Waals surface area contributed by atoms with Crippen LogP contribution in [-0.2, 0) is 23.7 Å². The molecule has 0 spiro atoms. The van der Waals surface area contributed by atoms with Crippen molar-refractivity contribution in [3.8, 4) is 0 Å². The van der Waals surface area contributed by atoms with Gasteiger partial charge in [-0.1, -0.05) is 30.6 Å². The highest BCUT2D eigenvalue weighted by Crippen LogP contribution is 2.24. The number of hydrogen-bond acceptors (Lipinski definition) is 9. The van der Waals surface area contributed by atoms with E-state index in [0.29, 0.717) is 25.8 Å². The van der Waals surface area contributed by atoms with Crippen molar-refractivity contribution in [1.29, 1.82) is 0 Å². The number of thioether (sulfide) groups is 2. The van der Waals surface area contributed by atoms with Crippen LogP contribution in [0, 0.1) is 0 Å². The smallest absolute Gasteiger partial charge is 0.433 e. The van der Waals surface area contributed by atoms with Gasteiger partial charge in [-0.05, 0) is 6.08 Å². The SMILES string of the molecule is C=CC(=O)NCCOC(=O)OCCSC(=S)SC1COCOC1. The summed E-state index contributed by atoms with van der Waals surface area (Å²) in [7, 11) is 0. The molecule has 0 saturated carbocycles. The monoisotopic (exact) mass is 381 g/mol. The fraction of sp³-hybridized carbons (Fsp3) is 0.615. The van der Waals surface area contributed by atoms with Crippen molar-refractivity contribution in [2.45, 2.75) is 5.25 Å². The zero-order valence-electron chi connectivity index (χ0n) is 12.5. The van der Waals surface area contributed by atoms with Gasteiger partial charge < -0.3 is 24.3 Å². The summed E-state index contributed by atoms with van der Waals surface area (Å²) in [5, 5.41) is 2.68. The molecule has 1 aliphatic rings. The second kappa shape index (κ2) is 12.6. The Morgan fingerprint density at radius 1 is 1.30 bits per heavy atom. The molecule has 0 aliphatic carbocycles. The Labute approximate surface area is 148 Å². The Bertz CT molecular complexity index is 415. The van der Waals surface area contributed by atoms with E-state index in [4.69, 9.17) is 31.2 Å². The maximum absolute atomic E-state index is 11.3. The molecule has 1 aliphatic heterocycles. The fourth-order valence-corrected chi connectivity index (χ4v) is 3.90. The van der Waals surface area contributed by atoms with Crippen molar-refractivity contribution in [2.75, 3.05) is 45.5 Å². The van der Waals surface area contributed by atoms with Gasteiger partial charge in [0.1, 0.15) is 23.5 Å². The minimum Gasteiger partial charge on any atom is -0.433 e. The van der Waals surface area contributed by atoms with Gasteiger partial charge in [0.25, 0.3) is 0 Å². The average molecular weight is 381 g/mol. The number of ether oxygens (including phenoxy) is 4. The van der Waals surface area contributed by atoms with Gasteiger partial charge in [0.15, 0.2) is 0 Å². The van der Waals surface area contributed by atoms with Gasteiger partial charge >= 0.3 is 6.16 Å². The van der Waals surface area contributed by atoms with E-state index < -0.39 is 6.16 Å². The van der Waals surface area contributed by atoms with E-state index in [1.54, 1.807) is 0 Å². The van der Waals surface area contributed by atoms with E-state index in [1.165, 1.54) is 23.5 Å². The van der Waals surface area contributed by atoms with Crippen LogP contribution in [0.4, 0.5) is 4.79 Å². The lowest BCUT2D eigenvalue weighted by atomic mass is 10.5. The third-order valence-electron chi connectivity index (χ3n) is 2.37. The minimum atomic E-state index is -0.772. The normalized spacial score (nSPS) is 14.8. The van der Waals surface area contributed by atoms with Crippen LogP contribution in [0.2, 0.25) is 0 Å².